The molecule has 0 aliphatic carbocycles. The van der Waals surface area contributed by atoms with Crippen molar-refractivity contribution in [3.8, 4) is 11.3 Å². The van der Waals surface area contributed by atoms with Crippen LogP contribution in [0.3, 0.4) is 0 Å². The minimum absolute atomic E-state index is 0.162. The number of benzene rings is 2. The average molecular weight is 398 g/mol. The Morgan fingerprint density at radius 1 is 1.04 bits per heavy atom. The van der Waals surface area contributed by atoms with Crippen LogP contribution in [0.4, 0.5) is 4.39 Å². The number of carbonyl (C=O) groups excluding carboxylic acids is 1. The third-order valence-corrected chi connectivity index (χ3v) is 5.27. The second-order valence-electron chi connectivity index (χ2n) is 6.43. The summed E-state index contributed by atoms with van der Waals surface area (Å²) in [5, 5.41) is 2.75. The first-order chi connectivity index (χ1) is 13.3. The minimum atomic E-state index is -3.24. The molecule has 0 saturated heterocycles. The molecule has 144 valence electrons. The number of aromatic nitrogens is 1. The number of nitrogens with one attached hydrogen (secondary N) is 1. The highest BCUT2D eigenvalue weighted by Crippen LogP contribution is 2.20. The molecule has 2 aromatic carbocycles. The van der Waals surface area contributed by atoms with Crippen LogP contribution >= 0.6 is 0 Å². The number of hydrogen-bond acceptors (Lipinski definition) is 4. The number of rotatable bonds is 6. The molecule has 7 heteroatoms. The highest BCUT2D eigenvalue weighted by atomic mass is 32.2. The van der Waals surface area contributed by atoms with Crippen LogP contribution in [-0.4, -0.2) is 25.6 Å². The summed E-state index contributed by atoms with van der Waals surface area (Å²) in [4.78, 5) is 16.7. The third-order valence-electron chi connectivity index (χ3n) is 4.15. The van der Waals surface area contributed by atoms with Crippen molar-refractivity contribution in [1.29, 1.82) is 0 Å². The number of hydrogen-bond donors (Lipinski definition) is 1. The van der Waals surface area contributed by atoms with Crippen molar-refractivity contribution in [3.63, 3.8) is 0 Å². The second-order valence-corrected chi connectivity index (χ2v) is 8.45. The van der Waals surface area contributed by atoms with Crippen molar-refractivity contribution in [2.24, 2.45) is 0 Å². The van der Waals surface area contributed by atoms with Gasteiger partial charge < -0.3 is 5.32 Å². The van der Waals surface area contributed by atoms with Gasteiger partial charge in [-0.15, -0.1) is 0 Å². The zero-order valence-corrected chi connectivity index (χ0v) is 16.0. The predicted molar refractivity (Wildman–Crippen MR) is 105 cm³/mol. The first kappa shape index (κ1) is 19.7. The lowest BCUT2D eigenvalue weighted by Gasteiger charge is -2.07. The molecule has 1 N–H and O–H groups in total. The molecule has 0 spiro atoms. The fraction of sp³-hybridized carbons (Fsp3) is 0.143. The van der Waals surface area contributed by atoms with E-state index in [9.17, 15) is 17.6 Å². The molecule has 3 rings (SSSR count). The largest absolute Gasteiger partial charge is 0.352 e. The number of carbonyl (C=O) groups is 1. The summed E-state index contributed by atoms with van der Waals surface area (Å²) in [5.74, 6) is -0.521. The van der Waals surface area contributed by atoms with E-state index in [4.69, 9.17) is 0 Å². The van der Waals surface area contributed by atoms with E-state index in [1.165, 1.54) is 12.1 Å². The van der Waals surface area contributed by atoms with Crippen molar-refractivity contribution in [1.82, 2.24) is 10.3 Å². The highest BCUT2D eigenvalue weighted by Gasteiger charge is 2.08. The molecule has 1 aromatic heterocycles. The Labute approximate surface area is 163 Å². The molecule has 1 heterocycles. The number of sulfone groups is 1. The molecule has 0 bridgehead atoms. The molecule has 0 saturated carbocycles. The van der Waals surface area contributed by atoms with Crippen LogP contribution in [0.15, 0.2) is 71.8 Å². The lowest BCUT2D eigenvalue weighted by molar-refractivity contribution is -0.120. The van der Waals surface area contributed by atoms with Gasteiger partial charge in [0.2, 0.25) is 5.91 Å². The normalized spacial score (nSPS) is 11.2. The van der Waals surface area contributed by atoms with E-state index in [2.05, 4.69) is 10.3 Å². The van der Waals surface area contributed by atoms with Crippen LogP contribution in [-0.2, 0) is 27.6 Å². The molecule has 28 heavy (non-hydrogen) atoms. The zero-order chi connectivity index (χ0) is 20.1. The van der Waals surface area contributed by atoms with E-state index in [-0.39, 0.29) is 29.6 Å². The van der Waals surface area contributed by atoms with Gasteiger partial charge in [0.25, 0.3) is 0 Å². The Bertz CT molecular complexity index is 1080. The van der Waals surface area contributed by atoms with Crippen LogP contribution in [0.25, 0.3) is 11.3 Å². The first-order valence-electron chi connectivity index (χ1n) is 8.58. The van der Waals surface area contributed by atoms with Crippen molar-refractivity contribution >= 4 is 15.7 Å². The topological polar surface area (TPSA) is 76.1 Å². The van der Waals surface area contributed by atoms with E-state index in [1.807, 2.05) is 0 Å². The van der Waals surface area contributed by atoms with Crippen molar-refractivity contribution in [2.75, 3.05) is 6.26 Å². The zero-order valence-electron chi connectivity index (χ0n) is 15.2. The maximum absolute atomic E-state index is 13.1. The lowest BCUT2D eigenvalue weighted by Crippen LogP contribution is -2.24. The molecule has 0 aliphatic rings. The SMILES string of the molecule is CS(=O)(=O)c1ccc(-c2ccc(CC(=O)NCc3cccc(F)c3)cn2)cc1. The molecule has 0 atom stereocenters. The maximum atomic E-state index is 13.1. The lowest BCUT2D eigenvalue weighted by atomic mass is 10.1. The Kier molecular flexibility index (Phi) is 5.84. The molecule has 0 radical (unpaired) electrons. The van der Waals surface area contributed by atoms with Crippen molar-refractivity contribution in [2.45, 2.75) is 17.9 Å². The van der Waals surface area contributed by atoms with Gasteiger partial charge in [-0.1, -0.05) is 30.3 Å². The monoisotopic (exact) mass is 398 g/mol. The molecule has 3 aromatic rings. The summed E-state index contributed by atoms with van der Waals surface area (Å²) in [5.41, 5.74) is 2.91. The summed E-state index contributed by atoms with van der Waals surface area (Å²) in [6.07, 6.45) is 2.94. The fourth-order valence-corrected chi connectivity index (χ4v) is 3.30. The molecule has 0 fully saturated rings. The van der Waals surface area contributed by atoms with E-state index in [1.54, 1.807) is 54.7 Å². The van der Waals surface area contributed by atoms with E-state index >= 15 is 0 Å². The first-order valence-corrected chi connectivity index (χ1v) is 10.5. The number of amides is 1. The average Bonchev–Trinajstić information content (AvgIpc) is 2.67. The van der Waals surface area contributed by atoms with Crippen molar-refractivity contribution in [3.05, 3.63) is 83.8 Å². The Morgan fingerprint density at radius 2 is 1.79 bits per heavy atom. The van der Waals surface area contributed by atoms with Crippen LogP contribution in [0.2, 0.25) is 0 Å². The molecule has 1 amide bonds. The van der Waals surface area contributed by atoms with E-state index in [0.717, 1.165) is 17.4 Å². The molecular formula is C21H19FN2O3S. The van der Waals surface area contributed by atoms with Gasteiger partial charge in [0.1, 0.15) is 5.82 Å². The van der Waals surface area contributed by atoms with Gasteiger partial charge in [0.15, 0.2) is 9.84 Å². The second kappa shape index (κ2) is 8.31. The summed E-state index contributed by atoms with van der Waals surface area (Å²) in [6, 6.07) is 16.1. The maximum Gasteiger partial charge on any atom is 0.224 e. The highest BCUT2D eigenvalue weighted by molar-refractivity contribution is 7.90. The number of halogens is 1. The molecule has 0 unspecified atom stereocenters. The van der Waals surface area contributed by atoms with Crippen LogP contribution < -0.4 is 5.32 Å². The van der Waals surface area contributed by atoms with E-state index < -0.39 is 9.84 Å². The van der Waals surface area contributed by atoms with Crippen molar-refractivity contribution < 1.29 is 17.6 Å². The predicted octanol–water partition coefficient (Wildman–Crippen LogP) is 3.15. The number of nitrogens with zero attached hydrogens (tertiary/aromatic N) is 1. The molecule has 0 aliphatic heterocycles. The van der Waals surface area contributed by atoms with Gasteiger partial charge in [-0.05, 0) is 41.5 Å². The minimum Gasteiger partial charge on any atom is -0.352 e. The van der Waals surface area contributed by atoms with Crippen LogP contribution in [0, 0.1) is 5.82 Å². The number of pyridine rings is 1. The summed E-state index contributed by atoms with van der Waals surface area (Å²) < 4.78 is 36.2. The standard InChI is InChI=1S/C21H19FN2O3S/c1-28(26,27)19-8-6-17(7-9-19)20-10-5-16(13-23-20)12-21(25)24-14-15-3-2-4-18(22)11-15/h2-11,13H,12,14H2,1H3,(H,24,25). The summed E-state index contributed by atoms with van der Waals surface area (Å²) in [6.45, 7) is 0.259. The third kappa shape index (κ3) is 5.23. The van der Waals surface area contributed by atoms with Gasteiger partial charge in [-0.25, -0.2) is 12.8 Å². The Balaban J connectivity index is 1.60. The summed E-state index contributed by atoms with van der Waals surface area (Å²) >= 11 is 0. The smallest absolute Gasteiger partial charge is 0.224 e. The molecule has 5 nitrogen and oxygen atoms in total. The summed E-state index contributed by atoms with van der Waals surface area (Å²) in [7, 11) is -3.24. The van der Waals surface area contributed by atoms with Gasteiger partial charge in [-0.3, -0.25) is 9.78 Å². The fourth-order valence-electron chi connectivity index (χ4n) is 2.67. The Morgan fingerprint density at radius 3 is 2.39 bits per heavy atom. The quantitative estimate of drug-likeness (QED) is 0.692. The molecular weight excluding hydrogens is 379 g/mol. The van der Waals surface area contributed by atoms with Crippen LogP contribution in [0.5, 0.6) is 0 Å². The van der Waals surface area contributed by atoms with Gasteiger partial charge in [0.05, 0.1) is 17.0 Å². The van der Waals surface area contributed by atoms with E-state index in [0.29, 0.717) is 11.3 Å². The van der Waals surface area contributed by atoms with Gasteiger partial charge >= 0.3 is 0 Å². The Hall–Kier alpha value is -3.06. The van der Waals surface area contributed by atoms with Gasteiger partial charge in [0, 0.05) is 24.6 Å². The van der Waals surface area contributed by atoms with Gasteiger partial charge in [-0.2, -0.15) is 0 Å². The van der Waals surface area contributed by atoms with Crippen LogP contribution in [0.1, 0.15) is 11.1 Å².